The third-order valence-electron chi connectivity index (χ3n) is 3.15. The second kappa shape index (κ2) is 6.09. The molecule has 3 nitrogen and oxygen atoms in total. The van der Waals surface area contributed by atoms with E-state index >= 15 is 0 Å². The summed E-state index contributed by atoms with van der Waals surface area (Å²) in [6, 6.07) is 3.27. The Bertz CT molecular complexity index is 219. The summed E-state index contributed by atoms with van der Waals surface area (Å²) in [6.45, 7) is 9.91. The van der Waals surface area contributed by atoms with E-state index in [0.717, 1.165) is 25.6 Å². The molecule has 0 spiro atoms. The molecule has 0 bridgehead atoms. The van der Waals surface area contributed by atoms with Gasteiger partial charge in [0, 0.05) is 25.2 Å². The zero-order chi connectivity index (χ0) is 11.3. The number of nitrogens with one attached hydrogen (secondary N) is 1. The number of hydrogen-bond acceptors (Lipinski definition) is 3. The summed E-state index contributed by atoms with van der Waals surface area (Å²) in [7, 11) is 0. The molecule has 0 aromatic carbocycles. The Morgan fingerprint density at radius 1 is 1.47 bits per heavy atom. The molecule has 1 fully saturated rings. The summed E-state index contributed by atoms with van der Waals surface area (Å²) in [4.78, 5) is 2.50. The zero-order valence-electron chi connectivity index (χ0n) is 10.2. The van der Waals surface area contributed by atoms with Crippen molar-refractivity contribution in [3.63, 3.8) is 0 Å². The second-order valence-corrected chi connectivity index (χ2v) is 4.94. The summed E-state index contributed by atoms with van der Waals surface area (Å²) >= 11 is 0. The van der Waals surface area contributed by atoms with Crippen LogP contribution in [0.4, 0.5) is 0 Å². The lowest BCUT2D eigenvalue weighted by Gasteiger charge is -2.40. The molecule has 0 aromatic rings. The minimum atomic E-state index is 0.414. The second-order valence-electron chi connectivity index (χ2n) is 4.94. The zero-order valence-corrected chi connectivity index (χ0v) is 10.2. The number of piperazine rings is 1. The molecular weight excluding hydrogens is 186 g/mol. The van der Waals surface area contributed by atoms with Gasteiger partial charge in [-0.25, -0.2) is 0 Å². The van der Waals surface area contributed by atoms with E-state index in [-0.39, 0.29) is 0 Å². The summed E-state index contributed by atoms with van der Waals surface area (Å²) < 4.78 is 0. The molecule has 1 aliphatic heterocycles. The minimum absolute atomic E-state index is 0.414. The van der Waals surface area contributed by atoms with Crippen molar-refractivity contribution < 1.29 is 0 Å². The predicted octanol–water partition coefficient (Wildman–Crippen LogP) is 1.61. The molecule has 1 N–H and O–H groups in total. The van der Waals surface area contributed by atoms with Crippen LogP contribution in [0.25, 0.3) is 0 Å². The van der Waals surface area contributed by atoms with Crippen LogP contribution in [0, 0.1) is 17.2 Å². The smallest absolute Gasteiger partial charge is 0.0638 e. The van der Waals surface area contributed by atoms with E-state index in [9.17, 15) is 0 Å². The van der Waals surface area contributed by atoms with Gasteiger partial charge in [0.2, 0.25) is 0 Å². The first-order valence-corrected chi connectivity index (χ1v) is 5.98. The monoisotopic (exact) mass is 209 g/mol. The molecular formula is C12H23N3. The average Bonchev–Trinajstić information content (AvgIpc) is 2.17. The van der Waals surface area contributed by atoms with E-state index in [1.807, 2.05) is 0 Å². The highest BCUT2D eigenvalue weighted by atomic mass is 15.2. The van der Waals surface area contributed by atoms with Gasteiger partial charge < -0.3 is 5.32 Å². The Morgan fingerprint density at radius 3 is 2.80 bits per heavy atom. The van der Waals surface area contributed by atoms with Gasteiger partial charge in [-0.05, 0) is 25.8 Å². The first-order chi connectivity index (χ1) is 7.15. The highest BCUT2D eigenvalue weighted by Gasteiger charge is 2.26. The van der Waals surface area contributed by atoms with Crippen LogP contribution < -0.4 is 5.32 Å². The highest BCUT2D eigenvalue weighted by molar-refractivity contribution is 4.90. The Kier molecular flexibility index (Phi) is 5.07. The van der Waals surface area contributed by atoms with Gasteiger partial charge in [-0.1, -0.05) is 13.8 Å². The van der Waals surface area contributed by atoms with E-state index in [2.05, 4.69) is 37.1 Å². The number of nitriles is 1. The van der Waals surface area contributed by atoms with Crippen LogP contribution >= 0.6 is 0 Å². The molecule has 0 radical (unpaired) electrons. The first kappa shape index (κ1) is 12.5. The van der Waals surface area contributed by atoms with E-state index in [4.69, 9.17) is 5.26 Å². The molecule has 0 aromatic heterocycles. The fraction of sp³-hybridized carbons (Fsp3) is 0.917. The van der Waals surface area contributed by atoms with E-state index < -0.39 is 0 Å². The van der Waals surface area contributed by atoms with Crippen LogP contribution in [0.1, 0.15) is 33.6 Å². The average molecular weight is 209 g/mol. The maximum absolute atomic E-state index is 8.80. The van der Waals surface area contributed by atoms with Gasteiger partial charge in [0.05, 0.1) is 12.5 Å². The Hall–Kier alpha value is -0.590. The molecule has 1 heterocycles. The summed E-state index contributed by atoms with van der Waals surface area (Å²) in [5.41, 5.74) is 0. The molecule has 3 heteroatoms. The molecule has 15 heavy (non-hydrogen) atoms. The Balaban J connectivity index is 2.49. The quantitative estimate of drug-likeness (QED) is 0.764. The standard InChI is InChI=1S/C12H23N3/c1-10(2)5-7-15-11(3)8-14-9-12(15)4-6-13/h10-12,14H,4-5,7-9H2,1-3H3. The lowest BCUT2D eigenvalue weighted by molar-refractivity contribution is 0.103. The van der Waals surface area contributed by atoms with Gasteiger partial charge in [0.15, 0.2) is 0 Å². The van der Waals surface area contributed by atoms with Gasteiger partial charge in [-0.3, -0.25) is 4.90 Å². The van der Waals surface area contributed by atoms with Gasteiger partial charge in [-0.15, -0.1) is 0 Å². The normalized spacial score (nSPS) is 27.9. The van der Waals surface area contributed by atoms with Crippen molar-refractivity contribution in [2.45, 2.75) is 45.7 Å². The van der Waals surface area contributed by atoms with E-state index in [1.54, 1.807) is 0 Å². The van der Waals surface area contributed by atoms with Crippen molar-refractivity contribution in [3.8, 4) is 6.07 Å². The largest absolute Gasteiger partial charge is 0.314 e. The van der Waals surface area contributed by atoms with Crippen molar-refractivity contribution in [1.29, 1.82) is 5.26 Å². The van der Waals surface area contributed by atoms with Crippen molar-refractivity contribution in [2.75, 3.05) is 19.6 Å². The number of nitrogens with zero attached hydrogens (tertiary/aromatic N) is 2. The SMILES string of the molecule is CC(C)CCN1C(C)CNCC1CC#N. The number of rotatable bonds is 4. The first-order valence-electron chi connectivity index (χ1n) is 5.98. The minimum Gasteiger partial charge on any atom is -0.314 e. The lowest BCUT2D eigenvalue weighted by Crippen LogP contribution is -2.56. The van der Waals surface area contributed by atoms with Crippen LogP contribution in [0.5, 0.6) is 0 Å². The highest BCUT2D eigenvalue weighted by Crippen LogP contribution is 2.15. The van der Waals surface area contributed by atoms with E-state index in [0.29, 0.717) is 18.5 Å². The fourth-order valence-corrected chi connectivity index (χ4v) is 2.16. The summed E-state index contributed by atoms with van der Waals surface area (Å²) in [5.74, 6) is 0.745. The lowest BCUT2D eigenvalue weighted by atomic mass is 10.0. The predicted molar refractivity (Wildman–Crippen MR) is 62.5 cm³/mol. The van der Waals surface area contributed by atoms with Crippen molar-refractivity contribution in [1.82, 2.24) is 10.2 Å². The van der Waals surface area contributed by atoms with Crippen molar-refractivity contribution in [2.24, 2.45) is 5.92 Å². The fourth-order valence-electron chi connectivity index (χ4n) is 2.16. The summed E-state index contributed by atoms with van der Waals surface area (Å²) in [6.07, 6.45) is 1.88. The van der Waals surface area contributed by atoms with Crippen LogP contribution in [0.2, 0.25) is 0 Å². The number of hydrogen-bond donors (Lipinski definition) is 1. The summed E-state index contributed by atoms with van der Waals surface area (Å²) in [5, 5.41) is 12.2. The van der Waals surface area contributed by atoms with E-state index in [1.165, 1.54) is 6.42 Å². The molecule has 0 aliphatic carbocycles. The maximum Gasteiger partial charge on any atom is 0.0638 e. The molecule has 2 unspecified atom stereocenters. The van der Waals surface area contributed by atoms with Gasteiger partial charge in [0.1, 0.15) is 0 Å². The van der Waals surface area contributed by atoms with Crippen molar-refractivity contribution in [3.05, 3.63) is 0 Å². The van der Waals surface area contributed by atoms with Crippen LogP contribution in [-0.2, 0) is 0 Å². The van der Waals surface area contributed by atoms with Gasteiger partial charge >= 0.3 is 0 Å². The molecule has 1 aliphatic rings. The third kappa shape index (κ3) is 3.81. The molecule has 86 valence electrons. The topological polar surface area (TPSA) is 39.1 Å². The van der Waals surface area contributed by atoms with Gasteiger partial charge in [0.25, 0.3) is 0 Å². The van der Waals surface area contributed by atoms with Crippen LogP contribution in [-0.4, -0.2) is 36.6 Å². The molecule has 2 atom stereocenters. The van der Waals surface area contributed by atoms with Crippen molar-refractivity contribution >= 4 is 0 Å². The molecule has 0 saturated carbocycles. The Labute approximate surface area is 93.5 Å². The Morgan fingerprint density at radius 2 is 2.20 bits per heavy atom. The third-order valence-corrected chi connectivity index (χ3v) is 3.15. The molecule has 0 amide bonds. The molecule has 1 saturated heterocycles. The van der Waals surface area contributed by atoms with Crippen LogP contribution in [0.15, 0.2) is 0 Å². The molecule has 1 rings (SSSR count). The van der Waals surface area contributed by atoms with Gasteiger partial charge in [-0.2, -0.15) is 5.26 Å². The maximum atomic E-state index is 8.80. The van der Waals surface area contributed by atoms with Crippen LogP contribution in [0.3, 0.4) is 0 Å².